The molecular formula is C18H16N2O2S. The molecule has 0 bridgehead atoms. The van der Waals surface area contributed by atoms with Gasteiger partial charge < -0.3 is 10.1 Å². The molecule has 0 radical (unpaired) electrons. The van der Waals surface area contributed by atoms with Crippen LogP contribution in [0.5, 0.6) is 5.75 Å². The Labute approximate surface area is 138 Å². The molecule has 0 fully saturated rings. The zero-order valence-electron chi connectivity index (χ0n) is 12.4. The Balaban J connectivity index is 1.50. The number of carbonyl (C=O) groups is 1. The second-order valence-electron chi connectivity index (χ2n) is 4.99. The van der Waals surface area contributed by atoms with Crippen molar-refractivity contribution in [2.45, 2.75) is 13.2 Å². The van der Waals surface area contributed by atoms with Crippen molar-refractivity contribution in [1.29, 1.82) is 0 Å². The monoisotopic (exact) mass is 324 g/mol. The Morgan fingerprint density at radius 1 is 1.13 bits per heavy atom. The van der Waals surface area contributed by atoms with Gasteiger partial charge in [-0.3, -0.25) is 9.78 Å². The van der Waals surface area contributed by atoms with Crippen LogP contribution in [0, 0.1) is 0 Å². The van der Waals surface area contributed by atoms with Crippen LogP contribution in [-0.2, 0) is 13.2 Å². The van der Waals surface area contributed by atoms with E-state index in [1.165, 1.54) is 11.3 Å². The molecule has 0 aliphatic rings. The third-order valence-corrected chi connectivity index (χ3v) is 3.97. The van der Waals surface area contributed by atoms with E-state index in [1.54, 1.807) is 12.4 Å². The number of nitrogens with zero attached hydrogens (tertiary/aromatic N) is 1. The van der Waals surface area contributed by atoms with Gasteiger partial charge in [0.25, 0.3) is 5.91 Å². The van der Waals surface area contributed by atoms with Crippen molar-refractivity contribution in [3.63, 3.8) is 0 Å². The van der Waals surface area contributed by atoms with E-state index in [9.17, 15) is 4.79 Å². The van der Waals surface area contributed by atoms with Gasteiger partial charge in [-0.25, -0.2) is 0 Å². The molecule has 2 aromatic heterocycles. The number of rotatable bonds is 6. The lowest BCUT2D eigenvalue weighted by Crippen LogP contribution is -2.22. The van der Waals surface area contributed by atoms with Gasteiger partial charge in [-0.1, -0.05) is 18.2 Å². The highest BCUT2D eigenvalue weighted by Crippen LogP contribution is 2.14. The van der Waals surface area contributed by atoms with Crippen molar-refractivity contribution in [2.24, 2.45) is 0 Å². The molecule has 3 rings (SSSR count). The molecule has 0 spiro atoms. The summed E-state index contributed by atoms with van der Waals surface area (Å²) in [6, 6.07) is 13.4. The van der Waals surface area contributed by atoms with Gasteiger partial charge in [0.2, 0.25) is 0 Å². The van der Waals surface area contributed by atoms with Gasteiger partial charge in [0.1, 0.15) is 12.4 Å². The number of carbonyl (C=O) groups excluding carboxylic acids is 1. The highest BCUT2D eigenvalue weighted by atomic mass is 32.1. The summed E-state index contributed by atoms with van der Waals surface area (Å²) >= 11 is 1.51. The van der Waals surface area contributed by atoms with Crippen molar-refractivity contribution in [1.82, 2.24) is 10.3 Å². The Morgan fingerprint density at radius 2 is 2.00 bits per heavy atom. The van der Waals surface area contributed by atoms with E-state index in [0.717, 1.165) is 16.9 Å². The normalized spacial score (nSPS) is 10.3. The molecule has 0 aliphatic carbocycles. The van der Waals surface area contributed by atoms with Crippen molar-refractivity contribution < 1.29 is 9.53 Å². The molecule has 1 N–H and O–H groups in total. The summed E-state index contributed by atoms with van der Waals surface area (Å²) in [5.41, 5.74) is 2.76. The van der Waals surface area contributed by atoms with Crippen LogP contribution in [0.15, 0.2) is 65.6 Å². The van der Waals surface area contributed by atoms with E-state index in [1.807, 2.05) is 53.2 Å². The zero-order chi connectivity index (χ0) is 15.9. The minimum absolute atomic E-state index is 0.0526. The highest BCUT2D eigenvalue weighted by molar-refractivity contribution is 7.08. The lowest BCUT2D eigenvalue weighted by molar-refractivity contribution is 0.0951. The van der Waals surface area contributed by atoms with Gasteiger partial charge in [0.05, 0.1) is 0 Å². The molecule has 2 heterocycles. The second-order valence-corrected chi connectivity index (χ2v) is 5.77. The van der Waals surface area contributed by atoms with Crippen molar-refractivity contribution in [3.05, 3.63) is 82.3 Å². The molecule has 0 unspecified atom stereocenters. The van der Waals surface area contributed by atoms with Gasteiger partial charge in [-0.05, 0) is 35.2 Å². The maximum Gasteiger partial charge on any atom is 0.252 e. The van der Waals surface area contributed by atoms with Gasteiger partial charge in [-0.15, -0.1) is 0 Å². The summed E-state index contributed by atoms with van der Waals surface area (Å²) in [7, 11) is 0. The molecular weight excluding hydrogens is 308 g/mol. The third kappa shape index (κ3) is 4.40. The number of thiophene rings is 1. The predicted octanol–water partition coefficient (Wildman–Crippen LogP) is 3.65. The average Bonchev–Trinajstić information content (AvgIpc) is 3.14. The molecule has 0 saturated carbocycles. The number of hydrogen-bond donors (Lipinski definition) is 1. The Hall–Kier alpha value is -2.66. The number of aromatic nitrogens is 1. The number of benzene rings is 1. The fraction of sp³-hybridized carbons (Fsp3) is 0.111. The molecule has 23 heavy (non-hydrogen) atoms. The molecule has 0 atom stereocenters. The minimum atomic E-state index is -0.0526. The summed E-state index contributed by atoms with van der Waals surface area (Å²) in [6.07, 6.45) is 3.52. The van der Waals surface area contributed by atoms with Crippen LogP contribution in [-0.4, -0.2) is 10.9 Å². The third-order valence-electron chi connectivity index (χ3n) is 3.29. The summed E-state index contributed by atoms with van der Waals surface area (Å²) < 4.78 is 5.71. The maximum atomic E-state index is 11.9. The Morgan fingerprint density at radius 3 is 2.70 bits per heavy atom. The topological polar surface area (TPSA) is 51.2 Å². The summed E-state index contributed by atoms with van der Waals surface area (Å²) in [4.78, 5) is 15.9. The van der Waals surface area contributed by atoms with E-state index in [-0.39, 0.29) is 5.91 Å². The summed E-state index contributed by atoms with van der Waals surface area (Å²) in [5.74, 6) is 0.741. The summed E-state index contributed by atoms with van der Waals surface area (Å²) in [5, 5.41) is 6.63. The molecule has 1 aromatic carbocycles. The quantitative estimate of drug-likeness (QED) is 0.753. The van der Waals surface area contributed by atoms with Gasteiger partial charge in [0, 0.05) is 35.4 Å². The highest BCUT2D eigenvalue weighted by Gasteiger charge is 2.05. The lowest BCUT2D eigenvalue weighted by Gasteiger charge is -2.08. The SMILES string of the molecule is O=C(NCc1ccc(OCc2cccnc2)cc1)c1ccsc1. The molecule has 0 saturated heterocycles. The first-order chi connectivity index (χ1) is 11.3. The Bertz CT molecular complexity index is 740. The standard InChI is InChI=1S/C18H16N2O2S/c21-18(16-7-9-23-13-16)20-11-14-3-5-17(6-4-14)22-12-15-2-1-8-19-10-15/h1-10,13H,11-12H2,(H,20,21). The molecule has 5 heteroatoms. The van der Waals surface area contributed by atoms with Crippen molar-refractivity contribution >= 4 is 17.2 Å². The Kier molecular flexibility index (Phi) is 5.01. The first kappa shape index (κ1) is 15.2. The number of ether oxygens (including phenoxy) is 1. The van der Waals surface area contributed by atoms with Crippen LogP contribution in [0.25, 0.3) is 0 Å². The number of hydrogen-bond acceptors (Lipinski definition) is 4. The second kappa shape index (κ2) is 7.56. The van der Waals surface area contributed by atoms with Crippen molar-refractivity contribution in [2.75, 3.05) is 0 Å². The van der Waals surface area contributed by atoms with Crippen LogP contribution in [0.2, 0.25) is 0 Å². The minimum Gasteiger partial charge on any atom is -0.489 e. The first-order valence-electron chi connectivity index (χ1n) is 7.22. The number of nitrogens with one attached hydrogen (secondary N) is 1. The van der Waals surface area contributed by atoms with Crippen molar-refractivity contribution in [3.8, 4) is 5.75 Å². The van der Waals surface area contributed by atoms with Gasteiger partial charge in [-0.2, -0.15) is 11.3 Å². The van der Waals surface area contributed by atoms with E-state index >= 15 is 0 Å². The molecule has 0 aliphatic heterocycles. The molecule has 116 valence electrons. The number of pyridine rings is 1. The van der Waals surface area contributed by atoms with Crippen LogP contribution in [0.1, 0.15) is 21.5 Å². The lowest BCUT2D eigenvalue weighted by atomic mass is 10.2. The van der Waals surface area contributed by atoms with E-state index in [4.69, 9.17) is 4.74 Å². The maximum absolute atomic E-state index is 11.9. The first-order valence-corrected chi connectivity index (χ1v) is 8.16. The van der Waals surface area contributed by atoms with Gasteiger partial charge in [0.15, 0.2) is 0 Å². The van der Waals surface area contributed by atoms with E-state index < -0.39 is 0 Å². The largest absolute Gasteiger partial charge is 0.489 e. The van der Waals surface area contributed by atoms with E-state index in [2.05, 4.69) is 10.3 Å². The smallest absolute Gasteiger partial charge is 0.252 e. The van der Waals surface area contributed by atoms with E-state index in [0.29, 0.717) is 18.7 Å². The van der Waals surface area contributed by atoms with Gasteiger partial charge >= 0.3 is 0 Å². The van der Waals surface area contributed by atoms with Crippen LogP contribution in [0.3, 0.4) is 0 Å². The van der Waals surface area contributed by atoms with Crippen LogP contribution >= 0.6 is 11.3 Å². The fourth-order valence-corrected chi connectivity index (χ4v) is 2.67. The van der Waals surface area contributed by atoms with Crippen LogP contribution < -0.4 is 10.1 Å². The molecule has 3 aromatic rings. The predicted molar refractivity (Wildman–Crippen MR) is 90.5 cm³/mol. The molecule has 4 nitrogen and oxygen atoms in total. The van der Waals surface area contributed by atoms with Crippen LogP contribution in [0.4, 0.5) is 0 Å². The number of amides is 1. The fourth-order valence-electron chi connectivity index (χ4n) is 2.03. The summed E-state index contributed by atoms with van der Waals surface area (Å²) in [6.45, 7) is 0.986. The average molecular weight is 324 g/mol. The molecule has 1 amide bonds. The zero-order valence-corrected chi connectivity index (χ0v) is 13.3.